The molecule has 5 rings (SSSR count). The number of aromatic nitrogens is 5. The lowest BCUT2D eigenvalue weighted by molar-refractivity contribution is -0.0522. The van der Waals surface area contributed by atoms with E-state index >= 15 is 0 Å². The van der Waals surface area contributed by atoms with Gasteiger partial charge < -0.3 is 5.11 Å². The predicted molar refractivity (Wildman–Crippen MR) is 136 cm³/mol. The number of hydroxylamine groups is 1. The quantitative estimate of drug-likeness (QED) is 0.321. The van der Waals surface area contributed by atoms with Crippen LogP contribution in [0.3, 0.4) is 0 Å². The fraction of sp³-hybridized carbons (Fsp3) is 0.192. The number of rotatable bonds is 7. The third-order valence-electron chi connectivity index (χ3n) is 5.46. The van der Waals surface area contributed by atoms with Gasteiger partial charge in [0.2, 0.25) is 0 Å². The lowest BCUT2D eigenvalue weighted by Gasteiger charge is -2.16. The van der Waals surface area contributed by atoms with Crippen molar-refractivity contribution in [3.8, 4) is 11.3 Å². The van der Waals surface area contributed by atoms with Gasteiger partial charge in [0, 0.05) is 17.1 Å². The standard InChI is InChI=1S/C26H23ClN6O3/c1-26(2,35)15-36-31-25(34)19-7-6-18(13-20(19)27)22-9-10-23-24(29-22)33(32-30-23)14-16-5-8-21-17(12-16)4-3-11-28-21/h3-13,35H,14-15H2,1-2H3,(H,31,34). The van der Waals surface area contributed by atoms with Crippen molar-refractivity contribution in [2.75, 3.05) is 6.61 Å². The van der Waals surface area contributed by atoms with Crippen LogP contribution in [-0.4, -0.2) is 48.2 Å². The van der Waals surface area contributed by atoms with E-state index in [1.165, 1.54) is 0 Å². The maximum Gasteiger partial charge on any atom is 0.276 e. The first-order valence-corrected chi connectivity index (χ1v) is 11.6. The van der Waals surface area contributed by atoms with Gasteiger partial charge in [-0.2, -0.15) is 0 Å². The molecule has 182 valence electrons. The highest BCUT2D eigenvalue weighted by molar-refractivity contribution is 6.34. The van der Waals surface area contributed by atoms with Gasteiger partial charge in [-0.05, 0) is 61.9 Å². The molecule has 0 aliphatic heterocycles. The molecule has 9 nitrogen and oxygen atoms in total. The number of fused-ring (bicyclic) bond motifs is 2. The molecule has 0 unspecified atom stereocenters. The van der Waals surface area contributed by atoms with Crippen LogP contribution >= 0.6 is 11.6 Å². The fourth-order valence-electron chi connectivity index (χ4n) is 3.71. The number of nitrogens with zero attached hydrogens (tertiary/aromatic N) is 5. The van der Waals surface area contributed by atoms with Crippen molar-refractivity contribution in [2.45, 2.75) is 26.0 Å². The van der Waals surface area contributed by atoms with E-state index in [0.717, 1.165) is 22.0 Å². The van der Waals surface area contributed by atoms with E-state index < -0.39 is 11.5 Å². The molecule has 0 spiro atoms. The van der Waals surface area contributed by atoms with E-state index in [9.17, 15) is 9.90 Å². The zero-order valence-corrected chi connectivity index (χ0v) is 20.4. The second kappa shape index (κ2) is 9.62. The minimum atomic E-state index is -1.07. The van der Waals surface area contributed by atoms with Crippen LogP contribution in [0.2, 0.25) is 5.02 Å². The van der Waals surface area contributed by atoms with Crippen molar-refractivity contribution >= 4 is 39.6 Å². The van der Waals surface area contributed by atoms with E-state index in [-0.39, 0.29) is 17.2 Å². The molecule has 0 aliphatic rings. The SMILES string of the molecule is CC(C)(O)CONC(=O)c1ccc(-c2ccc3nnn(Cc4ccc5ncccc5c4)c3n2)cc1Cl. The van der Waals surface area contributed by atoms with Crippen molar-refractivity contribution in [1.29, 1.82) is 0 Å². The number of carbonyl (C=O) groups is 1. The van der Waals surface area contributed by atoms with Crippen LogP contribution in [-0.2, 0) is 11.4 Å². The Morgan fingerprint density at radius 1 is 1.11 bits per heavy atom. The highest BCUT2D eigenvalue weighted by Gasteiger charge is 2.17. The number of nitrogens with one attached hydrogen (secondary N) is 1. The number of hydrogen-bond donors (Lipinski definition) is 2. The van der Waals surface area contributed by atoms with Gasteiger partial charge in [0.15, 0.2) is 5.65 Å². The Kier molecular flexibility index (Phi) is 6.36. The maximum absolute atomic E-state index is 12.4. The van der Waals surface area contributed by atoms with Crippen LogP contribution in [0.15, 0.2) is 66.9 Å². The van der Waals surface area contributed by atoms with Gasteiger partial charge in [0.05, 0.1) is 33.9 Å². The van der Waals surface area contributed by atoms with Crippen molar-refractivity contribution in [1.82, 2.24) is 30.4 Å². The average molecular weight is 503 g/mol. The summed E-state index contributed by atoms with van der Waals surface area (Å²) < 4.78 is 1.75. The highest BCUT2D eigenvalue weighted by Crippen LogP contribution is 2.26. The Hall–Kier alpha value is -3.92. The highest BCUT2D eigenvalue weighted by atomic mass is 35.5. The van der Waals surface area contributed by atoms with Crippen molar-refractivity contribution in [2.24, 2.45) is 0 Å². The lowest BCUT2D eigenvalue weighted by Crippen LogP contribution is -2.33. The molecule has 3 aromatic heterocycles. The monoisotopic (exact) mass is 502 g/mol. The van der Waals surface area contributed by atoms with Crippen LogP contribution in [0, 0.1) is 0 Å². The van der Waals surface area contributed by atoms with E-state index in [2.05, 4.69) is 26.8 Å². The van der Waals surface area contributed by atoms with Crippen LogP contribution in [0.4, 0.5) is 0 Å². The zero-order chi connectivity index (χ0) is 25.3. The molecule has 0 aliphatic carbocycles. The number of pyridine rings is 2. The van der Waals surface area contributed by atoms with Gasteiger partial charge in [-0.25, -0.2) is 15.1 Å². The molecule has 3 heterocycles. The number of hydrogen-bond acceptors (Lipinski definition) is 7. The normalized spacial score (nSPS) is 11.8. The first-order valence-electron chi connectivity index (χ1n) is 11.3. The van der Waals surface area contributed by atoms with Gasteiger partial charge in [0.25, 0.3) is 5.91 Å². The summed E-state index contributed by atoms with van der Waals surface area (Å²) >= 11 is 6.40. The Morgan fingerprint density at radius 2 is 1.94 bits per heavy atom. The molecule has 5 aromatic rings. The Balaban J connectivity index is 1.38. The van der Waals surface area contributed by atoms with Crippen LogP contribution < -0.4 is 5.48 Å². The average Bonchev–Trinajstić information content (AvgIpc) is 3.25. The largest absolute Gasteiger partial charge is 0.388 e. The van der Waals surface area contributed by atoms with Crippen LogP contribution in [0.1, 0.15) is 29.8 Å². The molecule has 10 heteroatoms. The Labute approximate surface area is 211 Å². The summed E-state index contributed by atoms with van der Waals surface area (Å²) in [6.45, 7) is 3.59. The molecule has 2 aromatic carbocycles. The summed E-state index contributed by atoms with van der Waals surface area (Å²) in [6, 6.07) is 18.7. The van der Waals surface area contributed by atoms with E-state index in [4.69, 9.17) is 21.4 Å². The van der Waals surface area contributed by atoms with Crippen LogP contribution in [0.25, 0.3) is 33.3 Å². The second-order valence-corrected chi connectivity index (χ2v) is 9.45. The van der Waals surface area contributed by atoms with E-state index in [1.54, 1.807) is 42.9 Å². The number of carbonyl (C=O) groups excluding carboxylic acids is 1. The third kappa shape index (κ3) is 5.18. The second-order valence-electron chi connectivity index (χ2n) is 9.04. The minimum Gasteiger partial charge on any atom is -0.388 e. The number of aliphatic hydroxyl groups is 1. The third-order valence-corrected chi connectivity index (χ3v) is 5.77. The van der Waals surface area contributed by atoms with Gasteiger partial charge in [-0.15, -0.1) is 5.10 Å². The van der Waals surface area contributed by atoms with Crippen molar-refractivity contribution in [3.05, 3.63) is 83.0 Å². The molecule has 0 saturated carbocycles. The van der Waals surface area contributed by atoms with Crippen molar-refractivity contribution in [3.63, 3.8) is 0 Å². The summed E-state index contributed by atoms with van der Waals surface area (Å²) in [4.78, 5) is 26.6. The first kappa shape index (κ1) is 23.8. The molecule has 0 fully saturated rings. The van der Waals surface area contributed by atoms with E-state index in [0.29, 0.717) is 23.4 Å². The first-order chi connectivity index (χ1) is 17.3. The summed E-state index contributed by atoms with van der Waals surface area (Å²) in [6.07, 6.45) is 1.77. The van der Waals surface area contributed by atoms with Gasteiger partial charge in [-0.3, -0.25) is 14.6 Å². The molecule has 0 saturated heterocycles. The fourth-order valence-corrected chi connectivity index (χ4v) is 3.98. The molecule has 36 heavy (non-hydrogen) atoms. The van der Waals surface area contributed by atoms with Gasteiger partial charge in [-0.1, -0.05) is 35.0 Å². The summed E-state index contributed by atoms with van der Waals surface area (Å²) in [5.74, 6) is -0.507. The van der Waals surface area contributed by atoms with Crippen LogP contribution in [0.5, 0.6) is 0 Å². The molecule has 2 N–H and O–H groups in total. The van der Waals surface area contributed by atoms with Gasteiger partial charge >= 0.3 is 0 Å². The smallest absolute Gasteiger partial charge is 0.276 e. The summed E-state index contributed by atoms with van der Waals surface area (Å²) in [5.41, 5.74) is 6.17. The summed E-state index contributed by atoms with van der Waals surface area (Å²) in [5, 5.41) is 19.5. The summed E-state index contributed by atoms with van der Waals surface area (Å²) in [7, 11) is 0. The number of halogens is 1. The Bertz CT molecular complexity index is 1580. The number of amides is 1. The maximum atomic E-state index is 12.4. The topological polar surface area (TPSA) is 115 Å². The molecule has 0 radical (unpaired) electrons. The van der Waals surface area contributed by atoms with Gasteiger partial charge in [0.1, 0.15) is 12.1 Å². The molecular formula is C26H23ClN6O3. The molecule has 0 atom stereocenters. The van der Waals surface area contributed by atoms with E-state index in [1.807, 2.05) is 36.4 Å². The lowest BCUT2D eigenvalue weighted by atomic mass is 10.1. The Morgan fingerprint density at radius 3 is 2.75 bits per heavy atom. The molecule has 1 amide bonds. The van der Waals surface area contributed by atoms with Crippen molar-refractivity contribution < 1.29 is 14.7 Å². The minimum absolute atomic E-state index is 0.0593. The number of benzene rings is 2. The predicted octanol–water partition coefficient (Wildman–Crippen LogP) is 4.18. The molecular weight excluding hydrogens is 480 g/mol. The molecule has 0 bridgehead atoms. The zero-order valence-electron chi connectivity index (χ0n) is 19.6.